The van der Waals surface area contributed by atoms with Gasteiger partial charge in [-0.25, -0.2) is 4.98 Å². The van der Waals surface area contributed by atoms with Crippen molar-refractivity contribution in [2.45, 2.75) is 27.3 Å². The van der Waals surface area contributed by atoms with E-state index in [1.807, 2.05) is 42.0 Å². The molecule has 3 aromatic rings. The molecule has 1 aliphatic rings. The van der Waals surface area contributed by atoms with E-state index in [1.165, 1.54) is 5.56 Å². The average Bonchev–Trinajstić information content (AvgIpc) is 3.37. The number of benzene rings is 1. The molecule has 1 aromatic carbocycles. The number of nitrogens with zero attached hydrogens (tertiary/aromatic N) is 4. The first kappa shape index (κ1) is 20.8. The number of thiazole rings is 1. The zero-order chi connectivity index (χ0) is 21.1. The van der Waals surface area contributed by atoms with Gasteiger partial charge in [0.1, 0.15) is 0 Å². The summed E-state index contributed by atoms with van der Waals surface area (Å²) in [6.45, 7) is 12.8. The second-order valence-electron chi connectivity index (χ2n) is 7.80. The number of nitrogens with one attached hydrogen (secondary N) is 1. The summed E-state index contributed by atoms with van der Waals surface area (Å²) in [6, 6.07) is 10.1. The maximum absolute atomic E-state index is 12.9. The van der Waals surface area contributed by atoms with Gasteiger partial charge in [-0.3, -0.25) is 14.3 Å². The van der Waals surface area contributed by atoms with E-state index in [0.717, 1.165) is 61.5 Å². The van der Waals surface area contributed by atoms with Crippen LogP contribution in [-0.2, 0) is 6.54 Å². The molecule has 1 aliphatic heterocycles. The fourth-order valence-corrected chi connectivity index (χ4v) is 4.78. The normalized spacial score (nSPS) is 15.4. The van der Waals surface area contributed by atoms with Gasteiger partial charge in [-0.2, -0.15) is 0 Å². The third kappa shape index (κ3) is 4.48. The van der Waals surface area contributed by atoms with E-state index in [0.29, 0.717) is 5.56 Å². The molecule has 1 fully saturated rings. The molecule has 1 amide bonds. The van der Waals surface area contributed by atoms with E-state index in [2.05, 4.69) is 39.2 Å². The van der Waals surface area contributed by atoms with Gasteiger partial charge < -0.3 is 10.2 Å². The fraction of sp³-hybridized carbons (Fsp3) is 0.391. The molecule has 3 heterocycles. The SMILES string of the molecule is CCN1CCN(Cc2ccc(NC(=O)c3cc(C)n(-c4nccs4)c3C)cc2)CC1. The zero-order valence-corrected chi connectivity index (χ0v) is 18.7. The Hall–Kier alpha value is -2.48. The van der Waals surface area contributed by atoms with E-state index in [4.69, 9.17) is 0 Å². The van der Waals surface area contributed by atoms with E-state index in [-0.39, 0.29) is 5.91 Å². The summed E-state index contributed by atoms with van der Waals surface area (Å²) < 4.78 is 2.03. The summed E-state index contributed by atoms with van der Waals surface area (Å²) in [7, 11) is 0. The summed E-state index contributed by atoms with van der Waals surface area (Å²) >= 11 is 1.56. The maximum Gasteiger partial charge on any atom is 0.257 e. The van der Waals surface area contributed by atoms with E-state index in [1.54, 1.807) is 17.5 Å². The molecule has 1 saturated heterocycles. The quantitative estimate of drug-likeness (QED) is 0.653. The molecule has 0 saturated carbocycles. The molecule has 158 valence electrons. The molecule has 0 spiro atoms. The van der Waals surface area contributed by atoms with E-state index >= 15 is 0 Å². The molecule has 0 aliphatic carbocycles. The van der Waals surface area contributed by atoms with Gasteiger partial charge in [-0.05, 0) is 44.2 Å². The van der Waals surface area contributed by atoms with Crippen molar-refractivity contribution in [2.24, 2.45) is 0 Å². The van der Waals surface area contributed by atoms with Crippen LogP contribution in [0.25, 0.3) is 5.13 Å². The summed E-state index contributed by atoms with van der Waals surface area (Å²) in [6.07, 6.45) is 1.78. The smallest absolute Gasteiger partial charge is 0.257 e. The van der Waals surface area contributed by atoms with Crippen LogP contribution in [0.5, 0.6) is 0 Å². The number of carbonyl (C=O) groups excluding carboxylic acids is 1. The number of anilines is 1. The molecule has 4 rings (SSSR count). The fourth-order valence-electron chi connectivity index (χ4n) is 4.03. The summed E-state index contributed by atoms with van der Waals surface area (Å²) in [5.74, 6) is -0.0886. The largest absolute Gasteiger partial charge is 0.322 e. The van der Waals surface area contributed by atoms with Crippen LogP contribution in [0, 0.1) is 13.8 Å². The molecule has 0 bridgehead atoms. The highest BCUT2D eigenvalue weighted by Gasteiger charge is 2.18. The summed E-state index contributed by atoms with van der Waals surface area (Å²) in [4.78, 5) is 22.2. The lowest BCUT2D eigenvalue weighted by Crippen LogP contribution is -2.45. The third-order valence-electron chi connectivity index (χ3n) is 5.82. The maximum atomic E-state index is 12.9. The number of likely N-dealkylation sites (N-methyl/N-ethyl adjacent to an activating group) is 1. The second kappa shape index (κ2) is 9.12. The van der Waals surface area contributed by atoms with Crippen molar-refractivity contribution in [2.75, 3.05) is 38.0 Å². The van der Waals surface area contributed by atoms with Crippen LogP contribution in [0.4, 0.5) is 5.69 Å². The van der Waals surface area contributed by atoms with Gasteiger partial charge >= 0.3 is 0 Å². The van der Waals surface area contributed by atoms with Crippen LogP contribution in [-0.4, -0.2) is 58.0 Å². The van der Waals surface area contributed by atoms with Crippen molar-refractivity contribution in [1.82, 2.24) is 19.4 Å². The van der Waals surface area contributed by atoms with Crippen molar-refractivity contribution < 1.29 is 4.79 Å². The van der Waals surface area contributed by atoms with Crippen molar-refractivity contribution in [1.29, 1.82) is 0 Å². The lowest BCUT2D eigenvalue weighted by Gasteiger charge is -2.34. The minimum Gasteiger partial charge on any atom is -0.322 e. The molecule has 2 aromatic heterocycles. The Bertz CT molecular complexity index is 986. The number of hydrogen-bond acceptors (Lipinski definition) is 5. The third-order valence-corrected chi connectivity index (χ3v) is 6.57. The zero-order valence-electron chi connectivity index (χ0n) is 17.9. The molecule has 6 nitrogen and oxygen atoms in total. The standard InChI is InChI=1S/C23H29N5OS/c1-4-26-10-12-27(13-11-26)16-19-5-7-20(8-6-19)25-22(29)21-15-17(2)28(18(21)3)23-24-9-14-30-23/h5-9,14-15H,4,10-13,16H2,1-3H3,(H,25,29). The number of aromatic nitrogens is 2. The number of rotatable bonds is 6. The van der Waals surface area contributed by atoms with E-state index < -0.39 is 0 Å². The van der Waals surface area contributed by atoms with Gasteiger partial charge in [0, 0.05) is 61.4 Å². The van der Waals surface area contributed by atoms with Gasteiger partial charge in [-0.1, -0.05) is 19.1 Å². The Labute approximate surface area is 182 Å². The van der Waals surface area contributed by atoms with Crippen LogP contribution in [0.15, 0.2) is 41.9 Å². The predicted molar refractivity (Wildman–Crippen MR) is 123 cm³/mol. The Kier molecular flexibility index (Phi) is 6.32. The number of hydrogen-bond donors (Lipinski definition) is 1. The monoisotopic (exact) mass is 423 g/mol. The van der Waals surface area contributed by atoms with Gasteiger partial charge in [0.05, 0.1) is 5.56 Å². The summed E-state index contributed by atoms with van der Waals surface area (Å²) in [5.41, 5.74) is 4.69. The molecular weight excluding hydrogens is 394 g/mol. The Morgan fingerprint density at radius 3 is 2.43 bits per heavy atom. The van der Waals surface area contributed by atoms with Crippen molar-refractivity contribution in [3.8, 4) is 5.13 Å². The number of amides is 1. The van der Waals surface area contributed by atoms with Crippen molar-refractivity contribution >= 4 is 22.9 Å². The molecule has 7 heteroatoms. The van der Waals surface area contributed by atoms with Crippen LogP contribution < -0.4 is 5.32 Å². The minimum atomic E-state index is -0.0886. The second-order valence-corrected chi connectivity index (χ2v) is 8.67. The lowest BCUT2D eigenvalue weighted by molar-refractivity contribution is 0.102. The lowest BCUT2D eigenvalue weighted by atomic mass is 10.1. The number of aryl methyl sites for hydroxylation is 1. The highest BCUT2D eigenvalue weighted by atomic mass is 32.1. The van der Waals surface area contributed by atoms with E-state index in [9.17, 15) is 4.79 Å². The minimum absolute atomic E-state index is 0.0886. The van der Waals surface area contributed by atoms with Crippen molar-refractivity contribution in [3.63, 3.8) is 0 Å². The van der Waals surface area contributed by atoms with Gasteiger partial charge in [0.25, 0.3) is 5.91 Å². The molecular formula is C23H29N5OS. The van der Waals surface area contributed by atoms with Crippen molar-refractivity contribution in [3.05, 3.63) is 64.4 Å². The summed E-state index contributed by atoms with van der Waals surface area (Å²) in [5, 5.41) is 5.87. The van der Waals surface area contributed by atoms with Gasteiger partial charge in [-0.15, -0.1) is 11.3 Å². The number of piperazine rings is 1. The predicted octanol–water partition coefficient (Wildman–Crippen LogP) is 3.94. The number of carbonyl (C=O) groups is 1. The van der Waals surface area contributed by atoms with Crippen LogP contribution in [0.3, 0.4) is 0 Å². The van der Waals surface area contributed by atoms with Crippen LogP contribution in [0.1, 0.15) is 34.2 Å². The Morgan fingerprint density at radius 2 is 1.80 bits per heavy atom. The molecule has 0 atom stereocenters. The molecule has 30 heavy (non-hydrogen) atoms. The van der Waals surface area contributed by atoms with Gasteiger partial charge in [0.2, 0.25) is 0 Å². The molecule has 1 N–H and O–H groups in total. The first-order valence-corrected chi connectivity index (χ1v) is 11.4. The average molecular weight is 424 g/mol. The Morgan fingerprint density at radius 1 is 1.10 bits per heavy atom. The van der Waals surface area contributed by atoms with Crippen LogP contribution >= 0.6 is 11.3 Å². The topological polar surface area (TPSA) is 53.4 Å². The highest BCUT2D eigenvalue weighted by molar-refractivity contribution is 7.12. The highest BCUT2D eigenvalue weighted by Crippen LogP contribution is 2.23. The van der Waals surface area contributed by atoms with Crippen LogP contribution in [0.2, 0.25) is 0 Å². The first-order valence-electron chi connectivity index (χ1n) is 10.5. The van der Waals surface area contributed by atoms with Gasteiger partial charge in [0.15, 0.2) is 5.13 Å². The Balaban J connectivity index is 1.39. The molecule has 0 unspecified atom stereocenters. The first-order chi connectivity index (χ1) is 14.5. The molecule has 0 radical (unpaired) electrons.